The smallest absolute Gasteiger partial charge is 0.255 e. The van der Waals surface area contributed by atoms with E-state index in [-0.39, 0.29) is 18.3 Å². The van der Waals surface area contributed by atoms with E-state index < -0.39 is 5.34 Å². The zero-order valence-corrected chi connectivity index (χ0v) is 15.7. The van der Waals surface area contributed by atoms with Crippen LogP contribution < -0.4 is 4.90 Å². The highest BCUT2D eigenvalue weighted by Crippen LogP contribution is 2.36. The van der Waals surface area contributed by atoms with Gasteiger partial charge in [-0.15, -0.1) is 0 Å². The number of hydrogen-bond acceptors (Lipinski definition) is 3. The zero-order chi connectivity index (χ0) is 17.6. The molecule has 0 fully saturated rings. The molecule has 122 valence electrons. The van der Waals surface area contributed by atoms with Crippen LogP contribution in [0.1, 0.15) is 21.6 Å². The minimum absolute atomic E-state index is 0.116. The lowest BCUT2D eigenvalue weighted by molar-refractivity contribution is 0.0730. The highest BCUT2D eigenvalue weighted by molar-refractivity contribution is 9.10. The van der Waals surface area contributed by atoms with Crippen LogP contribution in [0, 0.1) is 5.82 Å². The van der Waals surface area contributed by atoms with Crippen LogP contribution in [0.5, 0.6) is 0 Å². The Morgan fingerprint density at radius 3 is 2.71 bits per heavy atom. The van der Waals surface area contributed by atoms with Gasteiger partial charge in [0.2, 0.25) is 0 Å². The summed E-state index contributed by atoms with van der Waals surface area (Å²) in [5.74, 6) is -0.448. The molecular weight excluding hydrogens is 371 g/mol. The summed E-state index contributed by atoms with van der Waals surface area (Å²) < 4.78 is 15.3. The number of pyridine rings is 1. The Labute approximate surface area is 151 Å². The fraction of sp³-hybridized carbons (Fsp3) is 0.250. The Balaban J connectivity index is 2.06. The number of amides is 1. The van der Waals surface area contributed by atoms with Crippen LogP contribution in [0.25, 0.3) is 0 Å². The Bertz CT molecular complexity index is 829. The normalized spacial score (nSPS) is 15.5. The molecule has 1 aliphatic heterocycles. The first kappa shape index (κ1) is 17.0. The van der Waals surface area contributed by atoms with Crippen molar-refractivity contribution in [2.45, 2.75) is 11.9 Å². The maximum atomic E-state index is 14.6. The third-order valence-electron chi connectivity index (χ3n) is 4.47. The Morgan fingerprint density at radius 1 is 1.38 bits per heavy atom. The summed E-state index contributed by atoms with van der Waals surface area (Å²) in [7, 11) is 7.60. The third-order valence-corrected chi connectivity index (χ3v) is 4.93. The van der Waals surface area contributed by atoms with E-state index in [1.807, 2.05) is 40.8 Å². The maximum absolute atomic E-state index is 14.6. The first-order valence-electron chi connectivity index (χ1n) is 7.66. The Kier molecular flexibility index (Phi) is 4.20. The highest BCUT2D eigenvalue weighted by Gasteiger charge is 2.44. The van der Waals surface area contributed by atoms with Crippen molar-refractivity contribution >= 4 is 43.2 Å². The molecule has 0 bridgehead atoms. The molecule has 2 heterocycles. The standard InChI is InChI=1S/C16H17B2BrFN3O/c1-22(2)13-7-9(19)6-12(20)11(13)8-23-15(24)10-4-3-5-21-14(10)16(23,17)18/h3-7H,8,17-18H2,1-2H3. The van der Waals surface area contributed by atoms with Crippen molar-refractivity contribution in [2.24, 2.45) is 0 Å². The van der Waals surface area contributed by atoms with Crippen LogP contribution in [-0.2, 0) is 11.9 Å². The predicted octanol–water partition coefficient (Wildman–Crippen LogP) is 1.08. The largest absolute Gasteiger partial charge is 0.377 e. The molecular formula is C16H17B2BrFN3O. The van der Waals surface area contributed by atoms with Crippen molar-refractivity contribution < 1.29 is 9.18 Å². The monoisotopic (exact) mass is 387 g/mol. The molecule has 1 aromatic carbocycles. The number of nitrogens with zero attached hydrogens (tertiary/aromatic N) is 3. The van der Waals surface area contributed by atoms with Gasteiger partial charge >= 0.3 is 0 Å². The van der Waals surface area contributed by atoms with Gasteiger partial charge in [0.15, 0.2) is 0 Å². The van der Waals surface area contributed by atoms with Crippen molar-refractivity contribution in [3.63, 3.8) is 0 Å². The second-order valence-electron chi connectivity index (χ2n) is 6.63. The minimum atomic E-state index is -0.587. The lowest BCUT2D eigenvalue weighted by Gasteiger charge is -2.33. The highest BCUT2D eigenvalue weighted by atomic mass is 79.9. The fourth-order valence-electron chi connectivity index (χ4n) is 3.17. The number of carbonyl (C=O) groups excluding carboxylic acids is 1. The summed E-state index contributed by atoms with van der Waals surface area (Å²) in [5, 5.41) is -0.587. The summed E-state index contributed by atoms with van der Waals surface area (Å²) in [6.07, 6.45) is 1.68. The van der Waals surface area contributed by atoms with Gasteiger partial charge in [0.05, 0.1) is 17.8 Å². The van der Waals surface area contributed by atoms with Crippen LogP contribution >= 0.6 is 15.9 Å². The van der Waals surface area contributed by atoms with Crippen molar-refractivity contribution in [2.75, 3.05) is 19.0 Å². The molecule has 0 saturated carbocycles. The molecule has 1 aromatic heterocycles. The molecule has 4 nitrogen and oxygen atoms in total. The number of aromatic nitrogens is 1. The van der Waals surface area contributed by atoms with E-state index in [0.29, 0.717) is 15.6 Å². The molecule has 0 atom stereocenters. The number of hydrogen-bond donors (Lipinski definition) is 0. The topological polar surface area (TPSA) is 36.4 Å². The molecule has 0 unspecified atom stereocenters. The van der Waals surface area contributed by atoms with Crippen molar-refractivity contribution in [3.8, 4) is 0 Å². The van der Waals surface area contributed by atoms with Crippen molar-refractivity contribution in [1.29, 1.82) is 0 Å². The molecule has 1 aliphatic rings. The molecule has 0 saturated heterocycles. The molecule has 0 aliphatic carbocycles. The van der Waals surface area contributed by atoms with Crippen molar-refractivity contribution in [1.82, 2.24) is 9.88 Å². The van der Waals surface area contributed by atoms with Crippen LogP contribution in [-0.4, -0.2) is 45.6 Å². The SMILES string of the molecule is BC1(B)c2ncccc2C(=O)N1Cc1c(F)cc(Br)cc1N(C)C. The molecule has 1 amide bonds. The maximum Gasteiger partial charge on any atom is 0.255 e. The molecule has 0 spiro atoms. The third kappa shape index (κ3) is 2.62. The van der Waals surface area contributed by atoms with E-state index in [2.05, 4.69) is 20.9 Å². The van der Waals surface area contributed by atoms with E-state index in [9.17, 15) is 9.18 Å². The van der Waals surface area contributed by atoms with Crippen LogP contribution in [0.15, 0.2) is 34.9 Å². The Hall–Kier alpha value is -1.82. The van der Waals surface area contributed by atoms with Gasteiger partial charge in [-0.2, -0.15) is 0 Å². The van der Waals surface area contributed by atoms with Gasteiger partial charge in [-0.05, 0) is 24.3 Å². The number of fused-ring (bicyclic) bond motifs is 1. The minimum Gasteiger partial charge on any atom is -0.377 e. The molecule has 8 heteroatoms. The summed E-state index contributed by atoms with van der Waals surface area (Å²) in [6, 6.07) is 6.82. The van der Waals surface area contributed by atoms with Crippen LogP contribution in [0.2, 0.25) is 0 Å². The first-order valence-corrected chi connectivity index (χ1v) is 8.45. The van der Waals surface area contributed by atoms with E-state index in [0.717, 1.165) is 11.4 Å². The van der Waals surface area contributed by atoms with Gasteiger partial charge in [-0.3, -0.25) is 9.78 Å². The number of benzene rings is 1. The lowest BCUT2D eigenvalue weighted by Crippen LogP contribution is -2.45. The number of rotatable bonds is 3. The molecule has 24 heavy (non-hydrogen) atoms. The van der Waals surface area contributed by atoms with Gasteiger partial charge in [-0.25, -0.2) is 4.39 Å². The van der Waals surface area contributed by atoms with E-state index in [1.54, 1.807) is 23.2 Å². The number of halogens is 2. The van der Waals surface area contributed by atoms with Crippen LogP contribution in [0.3, 0.4) is 0 Å². The first-order chi connectivity index (χ1) is 11.2. The van der Waals surface area contributed by atoms with Gasteiger partial charge in [0.25, 0.3) is 5.91 Å². The quantitative estimate of drug-likeness (QED) is 0.740. The zero-order valence-electron chi connectivity index (χ0n) is 14.1. The van der Waals surface area contributed by atoms with Crippen LogP contribution in [0.4, 0.5) is 10.1 Å². The fourth-order valence-corrected chi connectivity index (χ4v) is 3.58. The van der Waals surface area contributed by atoms with Gasteiger partial charge in [-0.1, -0.05) is 15.9 Å². The summed E-state index contributed by atoms with van der Waals surface area (Å²) in [6.45, 7) is 0.189. The van der Waals surface area contributed by atoms with E-state index in [4.69, 9.17) is 0 Å². The average Bonchev–Trinajstić information content (AvgIpc) is 2.70. The molecule has 0 N–H and O–H groups in total. The van der Waals surface area contributed by atoms with E-state index >= 15 is 0 Å². The second kappa shape index (κ2) is 5.92. The van der Waals surface area contributed by atoms with Crippen molar-refractivity contribution in [3.05, 3.63) is 57.6 Å². The summed E-state index contributed by atoms with van der Waals surface area (Å²) in [4.78, 5) is 20.7. The van der Waals surface area contributed by atoms with Gasteiger partial charge in [0.1, 0.15) is 21.5 Å². The molecule has 3 rings (SSSR count). The Morgan fingerprint density at radius 2 is 2.08 bits per heavy atom. The molecule has 0 radical (unpaired) electrons. The number of anilines is 1. The average molecular weight is 388 g/mol. The second-order valence-corrected chi connectivity index (χ2v) is 7.55. The molecule has 2 aromatic rings. The summed E-state index contributed by atoms with van der Waals surface area (Å²) >= 11 is 3.33. The van der Waals surface area contributed by atoms with Gasteiger partial charge in [0, 0.05) is 41.4 Å². The number of carbonyl (C=O) groups is 1. The predicted molar refractivity (Wildman–Crippen MR) is 101 cm³/mol. The lowest BCUT2D eigenvalue weighted by atomic mass is 9.59. The summed E-state index contributed by atoms with van der Waals surface area (Å²) in [5.41, 5.74) is 2.57. The van der Waals surface area contributed by atoms with E-state index in [1.165, 1.54) is 6.07 Å². The van der Waals surface area contributed by atoms with Gasteiger partial charge < -0.3 is 9.80 Å².